The fourth-order valence-corrected chi connectivity index (χ4v) is 3.32. The summed E-state index contributed by atoms with van der Waals surface area (Å²) in [4.78, 5) is 12.7. The molecule has 0 aliphatic carbocycles. The van der Waals surface area contributed by atoms with E-state index in [1.54, 1.807) is 18.2 Å². The van der Waals surface area contributed by atoms with Gasteiger partial charge in [-0.3, -0.25) is 0 Å². The summed E-state index contributed by atoms with van der Waals surface area (Å²) in [7, 11) is 0. The van der Waals surface area contributed by atoms with Crippen molar-refractivity contribution in [2.75, 3.05) is 0 Å². The highest BCUT2D eigenvalue weighted by Crippen LogP contribution is 2.43. The molecule has 0 unspecified atom stereocenters. The van der Waals surface area contributed by atoms with Crippen LogP contribution in [-0.4, -0.2) is 0 Å². The van der Waals surface area contributed by atoms with Gasteiger partial charge >= 0.3 is 5.63 Å². The van der Waals surface area contributed by atoms with Gasteiger partial charge in [0.15, 0.2) is 5.75 Å². The van der Waals surface area contributed by atoms with E-state index in [2.05, 4.69) is 22.0 Å². The molecule has 2 heterocycles. The maximum Gasteiger partial charge on any atom is 0.344 e. The van der Waals surface area contributed by atoms with Crippen LogP contribution < -0.4 is 16.1 Å². The van der Waals surface area contributed by atoms with Crippen LogP contribution in [0, 0.1) is 11.3 Å². The van der Waals surface area contributed by atoms with Crippen molar-refractivity contribution in [2.24, 2.45) is 5.73 Å². The fourth-order valence-electron chi connectivity index (χ4n) is 3.05. The topological polar surface area (TPSA) is 89.3 Å². The van der Waals surface area contributed by atoms with Crippen molar-refractivity contribution in [3.8, 4) is 11.8 Å². The van der Waals surface area contributed by atoms with Crippen molar-refractivity contribution < 1.29 is 9.15 Å². The number of nitrogens with two attached hydrogens (primary N) is 1. The number of para-hydroxylation sites is 1. The number of nitriles is 1. The summed E-state index contributed by atoms with van der Waals surface area (Å²) in [5.41, 5.74) is 7.10. The van der Waals surface area contributed by atoms with E-state index in [1.807, 2.05) is 30.3 Å². The van der Waals surface area contributed by atoms with E-state index in [1.165, 1.54) is 0 Å². The summed E-state index contributed by atoms with van der Waals surface area (Å²) in [5, 5.41) is 10.2. The van der Waals surface area contributed by atoms with E-state index in [-0.39, 0.29) is 17.0 Å². The summed E-state index contributed by atoms with van der Waals surface area (Å²) in [6, 6.07) is 16.5. The summed E-state index contributed by atoms with van der Waals surface area (Å²) < 4.78 is 12.0. The molecule has 0 saturated carbocycles. The molecule has 2 aromatic carbocycles. The summed E-state index contributed by atoms with van der Waals surface area (Å²) >= 11 is 3.39. The molecule has 0 saturated heterocycles. The minimum Gasteiger partial charge on any atom is -0.439 e. The molecular formula is C19H11BrN2O3. The molecule has 122 valence electrons. The highest BCUT2D eigenvalue weighted by atomic mass is 79.9. The zero-order valence-electron chi connectivity index (χ0n) is 12.8. The van der Waals surface area contributed by atoms with Gasteiger partial charge in [-0.1, -0.05) is 40.2 Å². The number of allylic oxidation sites excluding steroid dienone is 1. The van der Waals surface area contributed by atoms with Crippen molar-refractivity contribution in [1.29, 1.82) is 5.26 Å². The van der Waals surface area contributed by atoms with E-state index in [0.717, 1.165) is 10.0 Å². The van der Waals surface area contributed by atoms with Crippen LogP contribution in [0.25, 0.3) is 11.0 Å². The Balaban J connectivity index is 2.08. The third kappa shape index (κ3) is 2.41. The smallest absolute Gasteiger partial charge is 0.344 e. The first-order valence-electron chi connectivity index (χ1n) is 7.49. The van der Waals surface area contributed by atoms with Crippen molar-refractivity contribution >= 4 is 26.9 Å². The minimum absolute atomic E-state index is 0.00123. The van der Waals surface area contributed by atoms with Crippen LogP contribution in [0.4, 0.5) is 0 Å². The Labute approximate surface area is 151 Å². The van der Waals surface area contributed by atoms with Gasteiger partial charge in [0.05, 0.1) is 16.9 Å². The van der Waals surface area contributed by atoms with Crippen LogP contribution >= 0.6 is 15.9 Å². The number of hydrogen-bond donors (Lipinski definition) is 1. The number of benzene rings is 2. The SMILES string of the molecule is N#CC1=C(N)Oc2c(c(=O)oc3ccccc23)[C@H]1c1ccc(Br)cc1. The first-order chi connectivity index (χ1) is 12.1. The molecule has 0 spiro atoms. The largest absolute Gasteiger partial charge is 0.439 e. The quantitative estimate of drug-likeness (QED) is 0.634. The monoisotopic (exact) mass is 394 g/mol. The van der Waals surface area contributed by atoms with Gasteiger partial charge < -0.3 is 14.9 Å². The molecule has 5 nitrogen and oxygen atoms in total. The second-order valence-corrected chi connectivity index (χ2v) is 6.52. The third-order valence-corrected chi connectivity index (χ3v) is 4.71. The van der Waals surface area contributed by atoms with Gasteiger partial charge in [0.2, 0.25) is 5.88 Å². The van der Waals surface area contributed by atoms with Crippen LogP contribution in [0.1, 0.15) is 17.0 Å². The van der Waals surface area contributed by atoms with Gasteiger partial charge in [-0.05, 0) is 29.8 Å². The Hall–Kier alpha value is -3.04. The van der Waals surface area contributed by atoms with Crippen LogP contribution in [0.5, 0.6) is 5.75 Å². The summed E-state index contributed by atoms with van der Waals surface area (Å²) in [5.74, 6) is -0.294. The van der Waals surface area contributed by atoms with Crippen molar-refractivity contribution in [3.05, 3.63) is 86.0 Å². The highest BCUT2D eigenvalue weighted by molar-refractivity contribution is 9.10. The van der Waals surface area contributed by atoms with E-state index in [9.17, 15) is 10.1 Å². The molecule has 1 aliphatic heterocycles. The first kappa shape index (κ1) is 15.5. The lowest BCUT2D eigenvalue weighted by Crippen LogP contribution is -2.26. The Morgan fingerprint density at radius 2 is 1.84 bits per heavy atom. The number of halogens is 1. The molecule has 1 aromatic heterocycles. The number of ether oxygens (including phenoxy) is 1. The van der Waals surface area contributed by atoms with E-state index in [0.29, 0.717) is 16.7 Å². The lowest BCUT2D eigenvalue weighted by Gasteiger charge is -2.25. The lowest BCUT2D eigenvalue weighted by atomic mass is 9.84. The predicted molar refractivity (Wildman–Crippen MR) is 95.9 cm³/mol. The maximum atomic E-state index is 12.7. The van der Waals surface area contributed by atoms with Crippen LogP contribution in [0.15, 0.2) is 73.7 Å². The number of hydrogen-bond acceptors (Lipinski definition) is 5. The van der Waals surface area contributed by atoms with Gasteiger partial charge in [0.1, 0.15) is 17.2 Å². The molecule has 0 bridgehead atoms. The highest BCUT2D eigenvalue weighted by Gasteiger charge is 2.35. The summed E-state index contributed by atoms with van der Waals surface area (Å²) in [6.45, 7) is 0. The molecule has 4 rings (SSSR count). The number of rotatable bonds is 1. The predicted octanol–water partition coefficient (Wildman–Crippen LogP) is 3.77. The Kier molecular flexibility index (Phi) is 3.59. The maximum absolute atomic E-state index is 12.7. The number of fused-ring (bicyclic) bond motifs is 3. The number of nitrogens with zero attached hydrogens (tertiary/aromatic N) is 1. The Morgan fingerprint density at radius 3 is 2.56 bits per heavy atom. The minimum atomic E-state index is -0.636. The van der Waals surface area contributed by atoms with Crippen LogP contribution in [-0.2, 0) is 0 Å². The van der Waals surface area contributed by atoms with Crippen molar-refractivity contribution in [3.63, 3.8) is 0 Å². The zero-order valence-corrected chi connectivity index (χ0v) is 14.4. The molecule has 1 aliphatic rings. The van der Waals surface area contributed by atoms with Crippen molar-refractivity contribution in [2.45, 2.75) is 5.92 Å². The normalized spacial score (nSPS) is 16.2. The van der Waals surface area contributed by atoms with Crippen LogP contribution in [0.2, 0.25) is 0 Å². The summed E-state index contributed by atoms with van der Waals surface area (Å²) in [6.07, 6.45) is 0. The molecule has 3 aromatic rings. The molecule has 0 radical (unpaired) electrons. The fraction of sp³-hybridized carbons (Fsp3) is 0.0526. The molecule has 0 amide bonds. The average Bonchev–Trinajstić information content (AvgIpc) is 2.61. The average molecular weight is 395 g/mol. The molecular weight excluding hydrogens is 384 g/mol. The van der Waals surface area contributed by atoms with Gasteiger partial charge in [-0.2, -0.15) is 5.26 Å². The van der Waals surface area contributed by atoms with Crippen molar-refractivity contribution in [1.82, 2.24) is 0 Å². The lowest BCUT2D eigenvalue weighted by molar-refractivity contribution is 0.388. The van der Waals surface area contributed by atoms with Gasteiger partial charge in [0.25, 0.3) is 0 Å². The first-order valence-corrected chi connectivity index (χ1v) is 8.28. The molecule has 25 heavy (non-hydrogen) atoms. The second kappa shape index (κ2) is 5.80. The molecule has 0 fully saturated rings. The third-order valence-electron chi connectivity index (χ3n) is 4.18. The molecule has 2 N–H and O–H groups in total. The van der Waals surface area contributed by atoms with E-state index in [4.69, 9.17) is 14.9 Å². The van der Waals surface area contributed by atoms with Gasteiger partial charge in [-0.25, -0.2) is 4.79 Å². The zero-order chi connectivity index (χ0) is 17.6. The van der Waals surface area contributed by atoms with E-state index >= 15 is 0 Å². The Bertz CT molecular complexity index is 1120. The van der Waals surface area contributed by atoms with Gasteiger partial charge in [-0.15, -0.1) is 0 Å². The molecule has 1 atom stereocenters. The van der Waals surface area contributed by atoms with E-state index < -0.39 is 11.5 Å². The standard InChI is InChI=1S/C19H11BrN2O3/c20-11-7-5-10(6-8-11)15-13(9-21)18(22)25-17-12-3-1-2-4-14(12)24-19(23)16(15)17/h1-8,15H,22H2/t15-/m0/s1. The second-order valence-electron chi connectivity index (χ2n) is 5.60. The molecule has 6 heteroatoms. The van der Waals surface area contributed by atoms with Gasteiger partial charge in [0, 0.05) is 4.47 Å². The van der Waals surface area contributed by atoms with Crippen LogP contribution in [0.3, 0.4) is 0 Å². The Morgan fingerprint density at radius 1 is 1.12 bits per heavy atom.